The normalized spacial score (nSPS) is 15.2. The van der Waals surface area contributed by atoms with Gasteiger partial charge in [-0.1, -0.05) is 30.3 Å². The molecule has 0 aliphatic carbocycles. The second kappa shape index (κ2) is 4.03. The lowest BCUT2D eigenvalue weighted by molar-refractivity contribution is 0.700. The Kier molecular flexibility index (Phi) is 2.38. The van der Waals surface area contributed by atoms with Crippen LogP contribution in [0.2, 0.25) is 0 Å². The van der Waals surface area contributed by atoms with E-state index in [-0.39, 0.29) is 0 Å². The summed E-state index contributed by atoms with van der Waals surface area (Å²) in [5, 5.41) is 6.28. The number of aromatic amines is 1. The number of hydrogen-bond donors (Lipinski definition) is 1. The van der Waals surface area contributed by atoms with E-state index in [9.17, 15) is 0 Å². The van der Waals surface area contributed by atoms with Crippen molar-refractivity contribution in [2.45, 2.75) is 6.92 Å². The van der Waals surface area contributed by atoms with Crippen molar-refractivity contribution >= 4 is 11.9 Å². The molecule has 1 aliphatic heterocycles. The zero-order valence-corrected chi connectivity index (χ0v) is 9.59. The predicted molar refractivity (Wildman–Crippen MR) is 70.3 cm³/mol. The topological polar surface area (TPSA) is 34.0 Å². The van der Waals surface area contributed by atoms with Gasteiger partial charge in [-0.2, -0.15) is 0 Å². The Morgan fingerprint density at radius 2 is 1.94 bits per heavy atom. The van der Waals surface area contributed by atoms with Crippen molar-refractivity contribution in [3.05, 3.63) is 54.4 Å². The Hall–Kier alpha value is -2.13. The van der Waals surface area contributed by atoms with Crippen LogP contribution in [0.5, 0.6) is 0 Å². The van der Waals surface area contributed by atoms with Crippen LogP contribution >= 0.6 is 0 Å². The van der Waals surface area contributed by atoms with Gasteiger partial charge in [-0.05, 0) is 5.10 Å². The smallest absolute Gasteiger partial charge is 0.243 e. The molecule has 2 heterocycles. The van der Waals surface area contributed by atoms with E-state index in [4.69, 9.17) is 0 Å². The van der Waals surface area contributed by atoms with E-state index in [1.54, 1.807) is 0 Å². The fourth-order valence-electron chi connectivity index (χ4n) is 2.00. The number of anilines is 1. The van der Waals surface area contributed by atoms with E-state index >= 15 is 0 Å². The molecule has 1 aliphatic rings. The van der Waals surface area contributed by atoms with E-state index in [1.807, 2.05) is 47.8 Å². The molecule has 0 atom stereocenters. The fourth-order valence-corrected chi connectivity index (χ4v) is 2.00. The van der Waals surface area contributed by atoms with Crippen LogP contribution in [0.1, 0.15) is 6.92 Å². The summed E-state index contributed by atoms with van der Waals surface area (Å²) < 4.78 is 0. The predicted octanol–water partition coefficient (Wildman–Crippen LogP) is 3.36. The third kappa shape index (κ3) is 1.70. The summed E-state index contributed by atoms with van der Waals surface area (Å²) in [6.07, 6.45) is 5.76. The largest absolute Gasteiger partial charge is 0.356 e. The molecule has 0 saturated carbocycles. The summed E-state index contributed by atoms with van der Waals surface area (Å²) in [6, 6.07) is 12.3. The van der Waals surface area contributed by atoms with E-state index in [2.05, 4.69) is 29.1 Å². The minimum absolute atomic E-state index is 1.08. The molecule has 1 aromatic heterocycles. The highest BCUT2D eigenvalue weighted by Crippen LogP contribution is 2.32. The van der Waals surface area contributed by atoms with E-state index in [0.29, 0.717) is 0 Å². The maximum atomic E-state index is 4.34. The maximum absolute atomic E-state index is 4.34. The van der Waals surface area contributed by atoms with Crippen molar-refractivity contribution in [2.24, 2.45) is 5.10 Å². The summed E-state index contributed by atoms with van der Waals surface area (Å²) in [4.78, 5) is 3.28. The molecule has 2 aromatic rings. The lowest BCUT2D eigenvalue weighted by Crippen LogP contribution is -2.11. The SMILES string of the molecule is CC1=CC=N[N+]1c1cc[nH]c1-c1ccccc1. The lowest BCUT2D eigenvalue weighted by atomic mass is 10.1. The highest BCUT2D eigenvalue weighted by Gasteiger charge is 2.29. The van der Waals surface area contributed by atoms with Gasteiger partial charge in [0.25, 0.3) is 0 Å². The number of rotatable bonds is 2. The van der Waals surface area contributed by atoms with Crippen LogP contribution in [0.15, 0.2) is 59.5 Å². The number of allylic oxidation sites excluding steroid dienone is 2. The Morgan fingerprint density at radius 3 is 2.65 bits per heavy atom. The molecular formula is C14H13N3+. The van der Waals surface area contributed by atoms with Crippen molar-refractivity contribution in [1.82, 2.24) is 9.99 Å². The monoisotopic (exact) mass is 223 g/mol. The fraction of sp³-hybridized carbons (Fsp3) is 0.0714. The molecule has 3 heteroatoms. The zero-order chi connectivity index (χ0) is 11.7. The maximum Gasteiger partial charge on any atom is 0.243 e. The molecule has 3 rings (SSSR count). The lowest BCUT2D eigenvalue weighted by Gasteiger charge is -2.02. The summed E-state index contributed by atoms with van der Waals surface area (Å²) in [5.74, 6) is 0. The van der Waals surface area contributed by atoms with Crippen LogP contribution in [0, 0.1) is 0 Å². The first kappa shape index (κ1) is 10.1. The molecule has 3 nitrogen and oxygen atoms in total. The van der Waals surface area contributed by atoms with Crippen molar-refractivity contribution in [2.75, 3.05) is 0 Å². The van der Waals surface area contributed by atoms with Crippen LogP contribution in [-0.2, 0) is 0 Å². The molecule has 0 fully saturated rings. The first-order chi connectivity index (χ1) is 8.36. The second-order valence-electron chi connectivity index (χ2n) is 3.99. The van der Waals surface area contributed by atoms with Crippen LogP contribution in [0.25, 0.3) is 11.3 Å². The van der Waals surface area contributed by atoms with E-state index in [0.717, 1.165) is 17.1 Å². The Labute approximate surface area is 100 Å². The number of nitrogens with zero attached hydrogens (tertiary/aromatic N) is 2. The van der Waals surface area contributed by atoms with Crippen molar-refractivity contribution < 1.29 is 0 Å². The molecule has 0 saturated heterocycles. The third-order valence-corrected chi connectivity index (χ3v) is 2.85. The van der Waals surface area contributed by atoms with Crippen LogP contribution in [0.4, 0.5) is 5.69 Å². The Balaban J connectivity index is 2.06. The number of nitrogens with one attached hydrogen (secondary N) is 1. The highest BCUT2D eigenvalue weighted by molar-refractivity contribution is 5.79. The first-order valence-electron chi connectivity index (χ1n) is 5.60. The molecule has 17 heavy (non-hydrogen) atoms. The van der Waals surface area contributed by atoms with Gasteiger partial charge in [-0.3, -0.25) is 0 Å². The number of H-pyrrole nitrogens is 1. The van der Waals surface area contributed by atoms with E-state index in [1.165, 1.54) is 5.56 Å². The number of aromatic nitrogens is 1. The average Bonchev–Trinajstić information content (AvgIpc) is 2.98. The summed E-state index contributed by atoms with van der Waals surface area (Å²) in [7, 11) is 0. The van der Waals surface area contributed by atoms with Gasteiger partial charge >= 0.3 is 0 Å². The summed E-state index contributed by atoms with van der Waals surface area (Å²) in [5.41, 5.74) is 4.47. The number of hydrogen-bond acceptors (Lipinski definition) is 2. The van der Waals surface area contributed by atoms with Crippen LogP contribution in [0.3, 0.4) is 0 Å². The van der Waals surface area contributed by atoms with Gasteiger partial charge in [0.1, 0.15) is 5.69 Å². The average molecular weight is 223 g/mol. The molecule has 1 radical (unpaired) electrons. The quantitative estimate of drug-likeness (QED) is 0.758. The van der Waals surface area contributed by atoms with Gasteiger partial charge in [0.15, 0.2) is 5.70 Å². The minimum Gasteiger partial charge on any atom is -0.356 e. The molecule has 1 aromatic carbocycles. The zero-order valence-electron chi connectivity index (χ0n) is 9.59. The molecule has 0 spiro atoms. The molecule has 1 N–H and O–H groups in total. The first-order valence-corrected chi connectivity index (χ1v) is 5.60. The van der Waals surface area contributed by atoms with Gasteiger partial charge in [-0.25, -0.2) is 0 Å². The molecule has 0 unspecified atom stereocenters. The van der Waals surface area contributed by atoms with Gasteiger partial charge in [-0.15, -0.1) is 0 Å². The molecular weight excluding hydrogens is 210 g/mol. The summed E-state index contributed by atoms with van der Waals surface area (Å²) in [6.45, 7) is 2.05. The molecule has 0 bridgehead atoms. The van der Waals surface area contributed by atoms with Gasteiger partial charge in [0.05, 0.1) is 6.21 Å². The van der Waals surface area contributed by atoms with Crippen molar-refractivity contribution in [3.8, 4) is 11.3 Å². The second-order valence-corrected chi connectivity index (χ2v) is 3.99. The third-order valence-electron chi connectivity index (χ3n) is 2.85. The highest BCUT2D eigenvalue weighted by atomic mass is 15.5. The van der Waals surface area contributed by atoms with E-state index < -0.39 is 0 Å². The Bertz CT molecular complexity index is 579. The van der Waals surface area contributed by atoms with Crippen molar-refractivity contribution in [1.29, 1.82) is 0 Å². The molecule has 0 amide bonds. The number of benzene rings is 1. The minimum atomic E-state index is 1.08. The standard InChI is InChI=1S/C14H13N3/c1-11-7-10-16-17(11)13-8-9-15-14(13)12-5-3-2-4-6-12/h2-10,15H,1H3/q+1. The van der Waals surface area contributed by atoms with Gasteiger partial charge in [0, 0.05) is 35.8 Å². The van der Waals surface area contributed by atoms with Gasteiger partial charge < -0.3 is 4.98 Å². The summed E-state index contributed by atoms with van der Waals surface area (Å²) >= 11 is 0. The Morgan fingerprint density at radius 1 is 1.12 bits per heavy atom. The van der Waals surface area contributed by atoms with Crippen LogP contribution in [-0.4, -0.2) is 11.2 Å². The van der Waals surface area contributed by atoms with Gasteiger partial charge in [0.2, 0.25) is 5.69 Å². The number of hydrazone groups is 1. The van der Waals surface area contributed by atoms with Crippen LogP contribution < -0.4 is 5.01 Å². The molecule has 83 valence electrons. The van der Waals surface area contributed by atoms with Crippen molar-refractivity contribution in [3.63, 3.8) is 0 Å².